The lowest BCUT2D eigenvalue weighted by Gasteiger charge is -2.22. The highest BCUT2D eigenvalue weighted by atomic mass is 16.5. The Bertz CT molecular complexity index is 397. The van der Waals surface area contributed by atoms with Crippen LogP contribution in [-0.4, -0.2) is 35.7 Å². The number of nitrogens with one attached hydrogen (secondary N) is 1. The number of ether oxygens (including phenoxy) is 1. The molecule has 18 heavy (non-hydrogen) atoms. The van der Waals surface area contributed by atoms with Gasteiger partial charge in [0.25, 0.3) is 0 Å². The molecule has 0 bridgehead atoms. The second kappa shape index (κ2) is 6.20. The SMILES string of the molecule is CCOC(=O)C(=O)NCC(C)(O)Cc1ccco1. The van der Waals surface area contributed by atoms with E-state index in [2.05, 4.69) is 10.1 Å². The summed E-state index contributed by atoms with van der Waals surface area (Å²) in [7, 11) is 0. The molecule has 1 aromatic rings. The Hall–Kier alpha value is -1.82. The first-order valence-corrected chi connectivity index (χ1v) is 5.64. The van der Waals surface area contributed by atoms with Gasteiger partial charge in [0.15, 0.2) is 0 Å². The van der Waals surface area contributed by atoms with Gasteiger partial charge >= 0.3 is 11.9 Å². The minimum absolute atomic E-state index is 0.0641. The quantitative estimate of drug-likeness (QED) is 0.581. The lowest BCUT2D eigenvalue weighted by molar-refractivity contribution is -0.154. The minimum atomic E-state index is -1.19. The third kappa shape index (κ3) is 4.58. The van der Waals surface area contributed by atoms with Crippen LogP contribution in [0, 0.1) is 0 Å². The van der Waals surface area contributed by atoms with Crippen molar-refractivity contribution in [3.8, 4) is 0 Å². The summed E-state index contributed by atoms with van der Waals surface area (Å²) in [4.78, 5) is 22.3. The van der Waals surface area contributed by atoms with Gasteiger partial charge in [-0.2, -0.15) is 0 Å². The van der Waals surface area contributed by atoms with Gasteiger partial charge in [-0.1, -0.05) is 0 Å². The van der Waals surface area contributed by atoms with Gasteiger partial charge in [-0.15, -0.1) is 0 Å². The van der Waals surface area contributed by atoms with Crippen LogP contribution in [0.1, 0.15) is 19.6 Å². The molecule has 6 heteroatoms. The highest BCUT2D eigenvalue weighted by Gasteiger charge is 2.25. The zero-order valence-corrected chi connectivity index (χ0v) is 10.4. The fourth-order valence-corrected chi connectivity index (χ4v) is 1.39. The molecule has 100 valence electrons. The summed E-state index contributed by atoms with van der Waals surface area (Å²) in [6.45, 7) is 3.22. The highest BCUT2D eigenvalue weighted by molar-refractivity contribution is 6.32. The molecule has 1 aromatic heterocycles. The average Bonchev–Trinajstić information content (AvgIpc) is 2.78. The summed E-state index contributed by atoms with van der Waals surface area (Å²) < 4.78 is 9.62. The van der Waals surface area contributed by atoms with E-state index < -0.39 is 17.5 Å². The summed E-state index contributed by atoms with van der Waals surface area (Å²) in [5.41, 5.74) is -1.19. The van der Waals surface area contributed by atoms with Gasteiger partial charge in [-0.05, 0) is 26.0 Å². The van der Waals surface area contributed by atoms with Crippen molar-refractivity contribution < 1.29 is 23.8 Å². The van der Waals surface area contributed by atoms with Crippen molar-refractivity contribution in [3.63, 3.8) is 0 Å². The smallest absolute Gasteiger partial charge is 0.396 e. The van der Waals surface area contributed by atoms with Crippen molar-refractivity contribution >= 4 is 11.9 Å². The Morgan fingerprint density at radius 2 is 2.28 bits per heavy atom. The Morgan fingerprint density at radius 1 is 1.56 bits per heavy atom. The molecule has 1 unspecified atom stereocenters. The molecule has 0 spiro atoms. The van der Waals surface area contributed by atoms with Crippen LogP contribution in [0.4, 0.5) is 0 Å². The van der Waals surface area contributed by atoms with Crippen molar-refractivity contribution in [1.82, 2.24) is 5.32 Å². The summed E-state index contributed by atoms with van der Waals surface area (Å²) in [6, 6.07) is 3.43. The zero-order chi connectivity index (χ0) is 13.6. The number of esters is 1. The molecule has 1 rings (SSSR count). The lowest BCUT2D eigenvalue weighted by Crippen LogP contribution is -2.44. The molecule has 0 fully saturated rings. The molecular formula is C12H17NO5. The molecule has 0 radical (unpaired) electrons. The first-order valence-electron chi connectivity index (χ1n) is 5.64. The van der Waals surface area contributed by atoms with Crippen LogP contribution < -0.4 is 5.32 Å². The van der Waals surface area contributed by atoms with Crippen LogP contribution in [0.5, 0.6) is 0 Å². The summed E-state index contributed by atoms with van der Waals surface area (Å²) >= 11 is 0. The van der Waals surface area contributed by atoms with Crippen LogP contribution >= 0.6 is 0 Å². The van der Waals surface area contributed by atoms with E-state index >= 15 is 0 Å². The zero-order valence-electron chi connectivity index (χ0n) is 10.4. The van der Waals surface area contributed by atoms with Gasteiger partial charge in [-0.3, -0.25) is 4.79 Å². The van der Waals surface area contributed by atoms with E-state index in [9.17, 15) is 14.7 Å². The van der Waals surface area contributed by atoms with Gasteiger partial charge in [-0.25, -0.2) is 4.79 Å². The van der Waals surface area contributed by atoms with Gasteiger partial charge in [0.1, 0.15) is 5.76 Å². The Labute approximate surface area is 105 Å². The van der Waals surface area contributed by atoms with E-state index in [4.69, 9.17) is 4.42 Å². The van der Waals surface area contributed by atoms with Crippen molar-refractivity contribution in [1.29, 1.82) is 0 Å². The number of rotatable bonds is 5. The summed E-state index contributed by atoms with van der Waals surface area (Å²) in [5.74, 6) is -1.21. The normalized spacial score (nSPS) is 13.7. The molecule has 0 aliphatic heterocycles. The first-order chi connectivity index (χ1) is 8.44. The maximum absolute atomic E-state index is 11.3. The third-order valence-corrected chi connectivity index (χ3v) is 2.23. The van der Waals surface area contributed by atoms with Gasteiger partial charge in [0.2, 0.25) is 0 Å². The molecule has 0 aliphatic carbocycles. The number of furan rings is 1. The van der Waals surface area contributed by atoms with Crippen LogP contribution in [0.25, 0.3) is 0 Å². The number of hydrogen-bond acceptors (Lipinski definition) is 5. The predicted molar refractivity (Wildman–Crippen MR) is 62.7 cm³/mol. The van der Waals surface area contributed by atoms with Crippen LogP contribution in [0.2, 0.25) is 0 Å². The number of carbonyl (C=O) groups is 2. The molecule has 0 aromatic carbocycles. The van der Waals surface area contributed by atoms with E-state index in [0.29, 0.717) is 5.76 Å². The fourth-order valence-electron chi connectivity index (χ4n) is 1.39. The molecule has 2 N–H and O–H groups in total. The van der Waals surface area contributed by atoms with Crippen molar-refractivity contribution in [2.45, 2.75) is 25.9 Å². The van der Waals surface area contributed by atoms with E-state index in [1.54, 1.807) is 26.0 Å². The number of aliphatic hydroxyl groups is 1. The first kappa shape index (κ1) is 14.2. The molecule has 1 amide bonds. The number of amides is 1. The van der Waals surface area contributed by atoms with Crippen LogP contribution in [-0.2, 0) is 20.7 Å². The van der Waals surface area contributed by atoms with E-state index in [1.807, 2.05) is 0 Å². The van der Waals surface area contributed by atoms with Crippen LogP contribution in [0.15, 0.2) is 22.8 Å². The number of hydrogen-bond donors (Lipinski definition) is 2. The fraction of sp³-hybridized carbons (Fsp3) is 0.500. The Kier molecular flexibility index (Phi) is 4.91. The predicted octanol–water partition coefficient (Wildman–Crippen LogP) is 0.252. The molecule has 1 atom stereocenters. The topological polar surface area (TPSA) is 88.8 Å². The summed E-state index contributed by atoms with van der Waals surface area (Å²) in [5, 5.41) is 12.3. The largest absolute Gasteiger partial charge is 0.469 e. The third-order valence-electron chi connectivity index (χ3n) is 2.23. The van der Waals surface area contributed by atoms with E-state index in [1.165, 1.54) is 6.26 Å². The molecule has 6 nitrogen and oxygen atoms in total. The van der Waals surface area contributed by atoms with Gasteiger partial charge in [0.05, 0.1) is 18.5 Å². The lowest BCUT2D eigenvalue weighted by atomic mass is 10.0. The van der Waals surface area contributed by atoms with Crippen molar-refractivity contribution in [2.75, 3.05) is 13.2 Å². The average molecular weight is 255 g/mol. The molecule has 1 heterocycles. The highest BCUT2D eigenvalue weighted by Crippen LogP contribution is 2.12. The number of carbonyl (C=O) groups excluding carboxylic acids is 2. The Balaban J connectivity index is 2.41. The maximum Gasteiger partial charge on any atom is 0.396 e. The molecule has 0 aliphatic rings. The monoisotopic (exact) mass is 255 g/mol. The Morgan fingerprint density at radius 3 is 2.83 bits per heavy atom. The molecular weight excluding hydrogens is 238 g/mol. The van der Waals surface area contributed by atoms with Crippen molar-refractivity contribution in [2.24, 2.45) is 0 Å². The van der Waals surface area contributed by atoms with Gasteiger partial charge in [0, 0.05) is 13.0 Å². The standard InChI is InChI=1S/C12H17NO5/c1-3-17-11(15)10(14)13-8-12(2,16)7-9-5-4-6-18-9/h4-6,16H,3,7-8H2,1-2H3,(H,13,14). The maximum atomic E-state index is 11.3. The van der Waals surface area contributed by atoms with Gasteiger partial charge < -0.3 is 19.6 Å². The second-order valence-corrected chi connectivity index (χ2v) is 4.16. The minimum Gasteiger partial charge on any atom is -0.469 e. The summed E-state index contributed by atoms with van der Waals surface area (Å²) in [6.07, 6.45) is 1.74. The molecule has 0 saturated carbocycles. The van der Waals surface area contributed by atoms with Crippen LogP contribution in [0.3, 0.4) is 0 Å². The van der Waals surface area contributed by atoms with Crippen molar-refractivity contribution in [3.05, 3.63) is 24.2 Å². The second-order valence-electron chi connectivity index (χ2n) is 4.16. The molecule has 0 saturated heterocycles. The van der Waals surface area contributed by atoms with E-state index in [-0.39, 0.29) is 19.6 Å². The van der Waals surface area contributed by atoms with E-state index in [0.717, 1.165) is 0 Å².